The standard InChI is InChI=1S/C14H21N3O2/c1-3-17(4-2)8-7-16-14(19)13-6-5-12(15)9-11(13)10-18/h5-6,9-10H,3-4,7-8,15H2,1-2H3,(H,16,19). The normalized spacial score (nSPS) is 10.5. The Morgan fingerprint density at radius 3 is 2.63 bits per heavy atom. The van der Waals surface area contributed by atoms with Gasteiger partial charge in [0.15, 0.2) is 6.29 Å². The molecule has 19 heavy (non-hydrogen) atoms. The number of nitrogens with one attached hydrogen (secondary N) is 1. The lowest BCUT2D eigenvalue weighted by atomic mass is 10.1. The Labute approximate surface area is 113 Å². The number of carbonyl (C=O) groups is 2. The first-order valence-corrected chi connectivity index (χ1v) is 6.47. The summed E-state index contributed by atoms with van der Waals surface area (Å²) < 4.78 is 0. The molecule has 1 amide bonds. The molecule has 0 radical (unpaired) electrons. The number of likely N-dealkylation sites (N-methyl/N-ethyl adjacent to an activating group) is 1. The summed E-state index contributed by atoms with van der Waals surface area (Å²) >= 11 is 0. The van der Waals surface area contributed by atoms with Crippen LogP contribution >= 0.6 is 0 Å². The minimum Gasteiger partial charge on any atom is -0.399 e. The molecular weight excluding hydrogens is 242 g/mol. The summed E-state index contributed by atoms with van der Waals surface area (Å²) in [6, 6.07) is 4.70. The maximum absolute atomic E-state index is 12.0. The molecule has 1 aromatic rings. The van der Waals surface area contributed by atoms with Crippen molar-refractivity contribution in [3.05, 3.63) is 29.3 Å². The van der Waals surface area contributed by atoms with E-state index < -0.39 is 0 Å². The number of nitrogen functional groups attached to an aromatic ring is 1. The number of hydrogen-bond acceptors (Lipinski definition) is 4. The van der Waals surface area contributed by atoms with Crippen LogP contribution in [-0.2, 0) is 0 Å². The molecular formula is C14H21N3O2. The van der Waals surface area contributed by atoms with Crippen molar-refractivity contribution >= 4 is 17.9 Å². The van der Waals surface area contributed by atoms with Crippen LogP contribution in [-0.4, -0.2) is 43.3 Å². The largest absolute Gasteiger partial charge is 0.399 e. The fourth-order valence-electron chi connectivity index (χ4n) is 1.85. The first-order valence-electron chi connectivity index (χ1n) is 6.47. The minimum absolute atomic E-state index is 0.241. The van der Waals surface area contributed by atoms with E-state index in [1.165, 1.54) is 6.07 Å². The Bertz CT molecular complexity index is 442. The maximum atomic E-state index is 12.0. The summed E-state index contributed by atoms with van der Waals surface area (Å²) in [4.78, 5) is 25.1. The molecule has 0 heterocycles. The molecule has 0 aromatic heterocycles. The molecule has 0 aliphatic carbocycles. The third-order valence-corrected chi connectivity index (χ3v) is 3.06. The van der Waals surface area contributed by atoms with Crippen LogP contribution in [0.2, 0.25) is 0 Å². The van der Waals surface area contributed by atoms with E-state index in [1.54, 1.807) is 12.1 Å². The summed E-state index contributed by atoms with van der Waals surface area (Å²) in [5.74, 6) is -0.241. The zero-order valence-electron chi connectivity index (χ0n) is 11.5. The fourth-order valence-corrected chi connectivity index (χ4v) is 1.85. The second-order valence-electron chi connectivity index (χ2n) is 4.25. The predicted molar refractivity (Wildman–Crippen MR) is 76.4 cm³/mol. The molecule has 5 nitrogen and oxygen atoms in total. The molecule has 1 rings (SSSR count). The molecule has 3 N–H and O–H groups in total. The van der Waals surface area contributed by atoms with Gasteiger partial charge in [0.2, 0.25) is 0 Å². The zero-order valence-corrected chi connectivity index (χ0v) is 11.5. The van der Waals surface area contributed by atoms with Gasteiger partial charge in [0.1, 0.15) is 0 Å². The molecule has 0 fully saturated rings. The monoisotopic (exact) mass is 263 g/mol. The molecule has 0 atom stereocenters. The number of rotatable bonds is 7. The second kappa shape index (κ2) is 7.53. The molecule has 1 aromatic carbocycles. The SMILES string of the molecule is CCN(CC)CCNC(=O)c1ccc(N)cc1C=O. The number of anilines is 1. The minimum atomic E-state index is -0.241. The molecule has 0 unspecified atom stereocenters. The van der Waals surface area contributed by atoms with Crippen molar-refractivity contribution in [3.63, 3.8) is 0 Å². The summed E-state index contributed by atoms with van der Waals surface area (Å²) in [5.41, 5.74) is 6.74. The third-order valence-electron chi connectivity index (χ3n) is 3.06. The Hall–Kier alpha value is -1.88. The van der Waals surface area contributed by atoms with Gasteiger partial charge in [-0.25, -0.2) is 0 Å². The van der Waals surface area contributed by atoms with Gasteiger partial charge in [0.25, 0.3) is 5.91 Å². The van der Waals surface area contributed by atoms with Crippen molar-refractivity contribution in [1.29, 1.82) is 0 Å². The lowest BCUT2D eigenvalue weighted by molar-refractivity contribution is 0.0943. The Balaban J connectivity index is 2.61. The topological polar surface area (TPSA) is 75.4 Å². The summed E-state index contributed by atoms with van der Waals surface area (Å²) in [5, 5.41) is 2.81. The summed E-state index contributed by atoms with van der Waals surface area (Å²) in [6.07, 6.45) is 0.648. The van der Waals surface area contributed by atoms with Crippen molar-refractivity contribution in [3.8, 4) is 0 Å². The second-order valence-corrected chi connectivity index (χ2v) is 4.25. The van der Waals surface area contributed by atoms with E-state index in [2.05, 4.69) is 24.1 Å². The van der Waals surface area contributed by atoms with E-state index in [0.29, 0.717) is 29.6 Å². The first kappa shape index (κ1) is 15.2. The highest BCUT2D eigenvalue weighted by Crippen LogP contribution is 2.11. The van der Waals surface area contributed by atoms with Crippen LogP contribution in [0, 0.1) is 0 Å². The number of carbonyl (C=O) groups excluding carboxylic acids is 2. The van der Waals surface area contributed by atoms with Crippen LogP contribution in [0.15, 0.2) is 18.2 Å². The number of nitrogens with zero attached hydrogens (tertiary/aromatic N) is 1. The molecule has 0 saturated carbocycles. The smallest absolute Gasteiger partial charge is 0.252 e. The predicted octanol–water partition coefficient (Wildman–Crippen LogP) is 1.15. The van der Waals surface area contributed by atoms with E-state index in [4.69, 9.17) is 5.73 Å². The number of amides is 1. The zero-order chi connectivity index (χ0) is 14.3. The molecule has 0 aliphatic rings. The Kier molecular flexibility index (Phi) is 6.02. The van der Waals surface area contributed by atoms with E-state index in [1.807, 2.05) is 0 Å². The highest BCUT2D eigenvalue weighted by Gasteiger charge is 2.11. The van der Waals surface area contributed by atoms with Crippen molar-refractivity contribution in [2.45, 2.75) is 13.8 Å². The number of hydrogen-bond donors (Lipinski definition) is 2. The van der Waals surface area contributed by atoms with Crippen molar-refractivity contribution in [1.82, 2.24) is 10.2 Å². The number of nitrogens with two attached hydrogens (primary N) is 1. The summed E-state index contributed by atoms with van der Waals surface area (Å²) in [6.45, 7) is 7.42. The number of benzene rings is 1. The molecule has 0 saturated heterocycles. The van der Waals surface area contributed by atoms with Crippen LogP contribution in [0.5, 0.6) is 0 Å². The lowest BCUT2D eigenvalue weighted by Crippen LogP contribution is -2.35. The molecule has 0 bridgehead atoms. The molecule has 0 aliphatic heterocycles. The summed E-state index contributed by atoms with van der Waals surface area (Å²) in [7, 11) is 0. The van der Waals surface area contributed by atoms with Gasteiger partial charge in [0, 0.05) is 29.9 Å². The molecule has 0 spiro atoms. The van der Waals surface area contributed by atoms with Gasteiger partial charge in [-0.3, -0.25) is 9.59 Å². The van der Waals surface area contributed by atoms with Crippen LogP contribution in [0.25, 0.3) is 0 Å². The lowest BCUT2D eigenvalue weighted by Gasteiger charge is -2.18. The quantitative estimate of drug-likeness (QED) is 0.571. The molecule has 104 valence electrons. The van der Waals surface area contributed by atoms with Gasteiger partial charge in [-0.2, -0.15) is 0 Å². The highest BCUT2D eigenvalue weighted by molar-refractivity contribution is 6.02. The third kappa shape index (κ3) is 4.37. The Morgan fingerprint density at radius 2 is 2.05 bits per heavy atom. The average Bonchev–Trinajstić information content (AvgIpc) is 2.43. The van der Waals surface area contributed by atoms with Gasteiger partial charge in [-0.05, 0) is 31.3 Å². The maximum Gasteiger partial charge on any atom is 0.252 e. The van der Waals surface area contributed by atoms with Crippen molar-refractivity contribution in [2.24, 2.45) is 0 Å². The number of aldehydes is 1. The van der Waals surface area contributed by atoms with Crippen molar-refractivity contribution < 1.29 is 9.59 Å². The van der Waals surface area contributed by atoms with Gasteiger partial charge in [0.05, 0.1) is 0 Å². The highest BCUT2D eigenvalue weighted by atomic mass is 16.1. The van der Waals surface area contributed by atoms with Crippen LogP contribution in [0.1, 0.15) is 34.6 Å². The Morgan fingerprint density at radius 1 is 1.37 bits per heavy atom. The van der Waals surface area contributed by atoms with E-state index in [-0.39, 0.29) is 5.91 Å². The van der Waals surface area contributed by atoms with Crippen LogP contribution in [0.4, 0.5) is 5.69 Å². The van der Waals surface area contributed by atoms with Gasteiger partial charge in [-0.15, -0.1) is 0 Å². The van der Waals surface area contributed by atoms with Gasteiger partial charge < -0.3 is 16.0 Å². The van der Waals surface area contributed by atoms with Gasteiger partial charge in [-0.1, -0.05) is 13.8 Å². The van der Waals surface area contributed by atoms with Gasteiger partial charge >= 0.3 is 0 Å². The fraction of sp³-hybridized carbons (Fsp3) is 0.429. The van der Waals surface area contributed by atoms with Crippen LogP contribution in [0.3, 0.4) is 0 Å². The van der Waals surface area contributed by atoms with E-state index >= 15 is 0 Å². The van der Waals surface area contributed by atoms with Crippen molar-refractivity contribution in [2.75, 3.05) is 31.9 Å². The first-order chi connectivity index (χ1) is 9.12. The average molecular weight is 263 g/mol. The van der Waals surface area contributed by atoms with E-state index in [9.17, 15) is 9.59 Å². The molecule has 5 heteroatoms. The van der Waals surface area contributed by atoms with E-state index in [0.717, 1.165) is 19.6 Å². The van der Waals surface area contributed by atoms with Crippen LogP contribution < -0.4 is 11.1 Å².